The number of rotatable bonds is 2. The van der Waals surface area contributed by atoms with Crippen molar-refractivity contribution in [2.45, 2.75) is 57.3 Å². The second kappa shape index (κ2) is 4.94. The predicted molar refractivity (Wildman–Crippen MR) is 49.8 cm³/mol. The zero-order valence-electron chi connectivity index (χ0n) is 8.08. The van der Waals surface area contributed by atoms with Crippen molar-refractivity contribution in [2.24, 2.45) is 5.92 Å². The van der Waals surface area contributed by atoms with Crippen LogP contribution in [-0.2, 0) is 0 Å². The maximum atomic E-state index is 8.84. The van der Waals surface area contributed by atoms with E-state index in [0.717, 1.165) is 25.7 Å². The first-order chi connectivity index (χ1) is 6.08. The summed E-state index contributed by atoms with van der Waals surface area (Å²) in [6.07, 6.45) is 8.23. The second-order valence-electron chi connectivity index (χ2n) is 4.19. The van der Waals surface area contributed by atoms with Gasteiger partial charge < -0.3 is 15.3 Å². The number of aliphatic hydroxyl groups is 3. The predicted octanol–water partition coefficient (Wildman–Crippen LogP) is 1.37. The van der Waals surface area contributed by atoms with Gasteiger partial charge in [-0.15, -0.1) is 0 Å². The molecule has 1 rings (SSSR count). The first-order valence-corrected chi connectivity index (χ1v) is 5.25. The molecule has 0 atom stereocenters. The number of hydrogen-bond donors (Lipinski definition) is 3. The van der Waals surface area contributed by atoms with Crippen LogP contribution in [0.2, 0.25) is 0 Å². The van der Waals surface area contributed by atoms with E-state index in [2.05, 4.69) is 0 Å². The van der Waals surface area contributed by atoms with Crippen LogP contribution in [0.15, 0.2) is 0 Å². The summed E-state index contributed by atoms with van der Waals surface area (Å²) >= 11 is 0. The van der Waals surface area contributed by atoms with Crippen LogP contribution < -0.4 is 0 Å². The van der Waals surface area contributed by atoms with Gasteiger partial charge in [-0.25, -0.2) is 0 Å². The molecule has 1 fully saturated rings. The molecule has 0 amide bonds. The average Bonchev–Trinajstić information content (AvgIpc) is 1.92. The lowest BCUT2D eigenvalue weighted by molar-refractivity contribution is -0.320. The molecule has 13 heavy (non-hydrogen) atoms. The van der Waals surface area contributed by atoms with E-state index in [0.29, 0.717) is 0 Å². The Balaban J connectivity index is 2.29. The molecule has 1 aliphatic rings. The molecular formula is C10H20O3. The Morgan fingerprint density at radius 2 is 1.31 bits per heavy atom. The van der Waals surface area contributed by atoms with E-state index in [4.69, 9.17) is 15.3 Å². The lowest BCUT2D eigenvalue weighted by Crippen LogP contribution is -2.30. The molecule has 0 heterocycles. The summed E-state index contributed by atoms with van der Waals surface area (Å²) in [6, 6.07) is 0. The molecule has 78 valence electrons. The molecule has 3 heteroatoms. The average molecular weight is 188 g/mol. The highest BCUT2D eigenvalue weighted by Crippen LogP contribution is 2.27. The van der Waals surface area contributed by atoms with Gasteiger partial charge in [0.05, 0.1) is 0 Å². The SMILES string of the molecule is OC(O)(O)CC1CCCCCCC1. The van der Waals surface area contributed by atoms with E-state index in [1.54, 1.807) is 0 Å². The molecule has 0 radical (unpaired) electrons. The standard InChI is InChI=1S/C10H20O3/c11-10(12,13)8-9-6-4-2-1-3-5-7-9/h9,11-13H,1-8H2. The first kappa shape index (κ1) is 11.0. The third-order valence-corrected chi connectivity index (χ3v) is 2.79. The summed E-state index contributed by atoms with van der Waals surface area (Å²) in [4.78, 5) is 0. The molecule has 0 aliphatic heterocycles. The first-order valence-electron chi connectivity index (χ1n) is 5.25. The van der Waals surface area contributed by atoms with Crippen LogP contribution in [0.25, 0.3) is 0 Å². The van der Waals surface area contributed by atoms with Gasteiger partial charge in [-0.05, 0) is 5.92 Å². The molecule has 0 unspecified atom stereocenters. The lowest BCUT2D eigenvalue weighted by atomic mass is 9.88. The van der Waals surface area contributed by atoms with Crippen molar-refractivity contribution in [1.29, 1.82) is 0 Å². The quantitative estimate of drug-likeness (QED) is 0.573. The van der Waals surface area contributed by atoms with Crippen molar-refractivity contribution in [3.05, 3.63) is 0 Å². The minimum absolute atomic E-state index is 0.104. The van der Waals surface area contributed by atoms with Gasteiger partial charge in [0.15, 0.2) is 0 Å². The van der Waals surface area contributed by atoms with Crippen molar-refractivity contribution < 1.29 is 15.3 Å². The van der Waals surface area contributed by atoms with Crippen molar-refractivity contribution in [2.75, 3.05) is 0 Å². The van der Waals surface area contributed by atoms with E-state index in [-0.39, 0.29) is 12.3 Å². The lowest BCUT2D eigenvalue weighted by Gasteiger charge is -2.23. The Morgan fingerprint density at radius 1 is 0.846 bits per heavy atom. The van der Waals surface area contributed by atoms with Gasteiger partial charge in [-0.3, -0.25) is 0 Å². The maximum Gasteiger partial charge on any atom is 0.275 e. The summed E-state index contributed by atoms with van der Waals surface area (Å²) in [5.74, 6) is -2.18. The Bertz CT molecular complexity index is 132. The van der Waals surface area contributed by atoms with E-state index in [1.165, 1.54) is 19.3 Å². The largest absolute Gasteiger partial charge is 0.344 e. The fourth-order valence-corrected chi connectivity index (χ4v) is 2.13. The van der Waals surface area contributed by atoms with Crippen LogP contribution in [-0.4, -0.2) is 21.3 Å². The zero-order chi connectivity index (χ0) is 9.73. The third-order valence-electron chi connectivity index (χ3n) is 2.79. The molecule has 0 aromatic rings. The van der Waals surface area contributed by atoms with E-state index >= 15 is 0 Å². The highest BCUT2D eigenvalue weighted by molar-refractivity contribution is 4.66. The van der Waals surface area contributed by atoms with E-state index in [9.17, 15) is 0 Å². The van der Waals surface area contributed by atoms with E-state index < -0.39 is 5.97 Å². The summed E-state index contributed by atoms with van der Waals surface area (Å²) in [6.45, 7) is 0. The topological polar surface area (TPSA) is 60.7 Å². The van der Waals surface area contributed by atoms with Gasteiger partial charge >= 0.3 is 0 Å². The molecule has 0 aromatic carbocycles. The monoisotopic (exact) mass is 188 g/mol. The van der Waals surface area contributed by atoms with Crippen LogP contribution in [0.5, 0.6) is 0 Å². The van der Waals surface area contributed by atoms with Crippen LogP contribution in [0, 0.1) is 5.92 Å². The van der Waals surface area contributed by atoms with Crippen LogP contribution in [0.3, 0.4) is 0 Å². The van der Waals surface area contributed by atoms with Gasteiger partial charge in [0.2, 0.25) is 0 Å². The van der Waals surface area contributed by atoms with Crippen LogP contribution in [0.1, 0.15) is 51.4 Å². The van der Waals surface area contributed by atoms with Gasteiger partial charge in [0, 0.05) is 6.42 Å². The summed E-state index contributed by atoms with van der Waals surface area (Å²) in [5, 5.41) is 26.5. The number of hydrogen-bond acceptors (Lipinski definition) is 3. The molecule has 0 bridgehead atoms. The van der Waals surface area contributed by atoms with E-state index in [1.807, 2.05) is 0 Å². The van der Waals surface area contributed by atoms with Gasteiger partial charge in [-0.2, -0.15) is 0 Å². The second-order valence-corrected chi connectivity index (χ2v) is 4.19. The molecule has 0 aromatic heterocycles. The fraction of sp³-hybridized carbons (Fsp3) is 1.00. The normalized spacial score (nSPS) is 22.4. The van der Waals surface area contributed by atoms with Crippen molar-refractivity contribution in [3.8, 4) is 0 Å². The molecule has 0 saturated heterocycles. The van der Waals surface area contributed by atoms with Crippen molar-refractivity contribution in [3.63, 3.8) is 0 Å². The third kappa shape index (κ3) is 5.24. The molecule has 3 N–H and O–H groups in total. The molecule has 3 nitrogen and oxygen atoms in total. The van der Waals surface area contributed by atoms with Crippen LogP contribution >= 0.6 is 0 Å². The minimum Gasteiger partial charge on any atom is -0.344 e. The summed E-state index contributed by atoms with van der Waals surface area (Å²) < 4.78 is 0. The smallest absolute Gasteiger partial charge is 0.275 e. The van der Waals surface area contributed by atoms with Gasteiger partial charge in [-0.1, -0.05) is 44.9 Å². The fourth-order valence-electron chi connectivity index (χ4n) is 2.13. The van der Waals surface area contributed by atoms with Crippen molar-refractivity contribution >= 4 is 0 Å². The highest BCUT2D eigenvalue weighted by Gasteiger charge is 2.24. The van der Waals surface area contributed by atoms with Gasteiger partial charge in [0.25, 0.3) is 5.97 Å². The molecule has 1 saturated carbocycles. The van der Waals surface area contributed by atoms with Crippen LogP contribution in [0.4, 0.5) is 0 Å². The Morgan fingerprint density at radius 3 is 1.77 bits per heavy atom. The molecule has 0 spiro atoms. The Kier molecular flexibility index (Phi) is 4.16. The minimum atomic E-state index is -2.45. The van der Waals surface area contributed by atoms with Gasteiger partial charge in [0.1, 0.15) is 0 Å². The Hall–Kier alpha value is -0.120. The molecular weight excluding hydrogens is 168 g/mol. The van der Waals surface area contributed by atoms with Crippen molar-refractivity contribution in [1.82, 2.24) is 0 Å². The highest BCUT2D eigenvalue weighted by atomic mass is 16.7. The molecule has 1 aliphatic carbocycles. The summed E-state index contributed by atoms with van der Waals surface area (Å²) in [7, 11) is 0. The Labute approximate surface area is 79.4 Å². The maximum absolute atomic E-state index is 8.84. The summed E-state index contributed by atoms with van der Waals surface area (Å²) in [5.41, 5.74) is 0. The zero-order valence-corrected chi connectivity index (χ0v) is 8.08.